The molecule has 0 aliphatic carbocycles. The van der Waals surface area contributed by atoms with Gasteiger partial charge < -0.3 is 9.80 Å². The van der Waals surface area contributed by atoms with E-state index in [1.807, 2.05) is 30.1 Å². The summed E-state index contributed by atoms with van der Waals surface area (Å²) in [4.78, 5) is 25.7. The summed E-state index contributed by atoms with van der Waals surface area (Å²) in [5, 5.41) is 4.22. The number of fused-ring (bicyclic) bond motifs is 1. The molecule has 7 nitrogen and oxygen atoms in total. The average Bonchev–Trinajstić information content (AvgIpc) is 3.12. The number of amides is 1. The number of aromatic nitrogens is 4. The number of rotatable bonds is 3. The smallest absolute Gasteiger partial charge is 0.259 e. The van der Waals surface area contributed by atoms with E-state index in [1.54, 1.807) is 35.4 Å². The van der Waals surface area contributed by atoms with E-state index in [-0.39, 0.29) is 11.9 Å². The Bertz CT molecular complexity index is 877. The first kappa shape index (κ1) is 15.6. The van der Waals surface area contributed by atoms with Crippen LogP contribution in [0.15, 0.2) is 49.1 Å². The van der Waals surface area contributed by atoms with Gasteiger partial charge in [0.2, 0.25) is 0 Å². The molecule has 0 spiro atoms. The fourth-order valence-electron chi connectivity index (χ4n) is 3.35. The number of carbonyl (C=O) groups is 1. The lowest BCUT2D eigenvalue weighted by atomic mass is 10.0. The molecule has 0 saturated carbocycles. The fraction of sp³-hybridized carbons (Fsp3) is 0.333. The van der Waals surface area contributed by atoms with Gasteiger partial charge >= 0.3 is 0 Å². The van der Waals surface area contributed by atoms with E-state index in [1.165, 1.54) is 0 Å². The first-order chi connectivity index (χ1) is 12.2. The van der Waals surface area contributed by atoms with Gasteiger partial charge in [0, 0.05) is 44.8 Å². The molecule has 4 heterocycles. The molecule has 1 atom stereocenters. The minimum Gasteiger partial charge on any atom is -0.355 e. The van der Waals surface area contributed by atoms with Crippen LogP contribution in [0.2, 0.25) is 0 Å². The third-order valence-electron chi connectivity index (χ3n) is 4.75. The quantitative estimate of drug-likeness (QED) is 0.730. The van der Waals surface area contributed by atoms with Crippen molar-refractivity contribution >= 4 is 17.4 Å². The Hall–Kier alpha value is -2.96. The number of anilines is 1. The molecule has 0 radical (unpaired) electrons. The van der Waals surface area contributed by atoms with Crippen molar-refractivity contribution in [1.29, 1.82) is 0 Å². The van der Waals surface area contributed by atoms with E-state index in [9.17, 15) is 4.79 Å². The number of likely N-dealkylation sites (N-methyl/N-ethyl adjacent to an activating group) is 1. The second-order valence-corrected chi connectivity index (χ2v) is 6.29. The maximum atomic E-state index is 13.0. The highest BCUT2D eigenvalue weighted by Gasteiger charge is 2.28. The minimum absolute atomic E-state index is 0.0402. The molecule has 4 rings (SSSR count). The summed E-state index contributed by atoms with van der Waals surface area (Å²) in [5.74, 6) is 0.923. The first-order valence-corrected chi connectivity index (χ1v) is 8.45. The van der Waals surface area contributed by atoms with Gasteiger partial charge in [0.25, 0.3) is 5.91 Å². The molecule has 3 aromatic heterocycles. The Morgan fingerprint density at radius 2 is 2.12 bits per heavy atom. The van der Waals surface area contributed by atoms with Crippen LogP contribution in [0.3, 0.4) is 0 Å². The van der Waals surface area contributed by atoms with Crippen molar-refractivity contribution < 1.29 is 4.79 Å². The van der Waals surface area contributed by atoms with Gasteiger partial charge in [-0.1, -0.05) is 6.07 Å². The zero-order valence-corrected chi connectivity index (χ0v) is 14.1. The standard InChI is InChI=1S/C18H20N6O/c1-22(18(25)15-12-21-24-11-5-9-20-17(15)24)14-6-4-10-23(13-14)16-7-2-3-8-19-16/h2-3,5,7-9,11-12,14H,4,6,10,13H2,1H3/t14-/m1/s1. The van der Waals surface area contributed by atoms with Crippen LogP contribution in [-0.2, 0) is 0 Å². The highest BCUT2D eigenvalue weighted by Crippen LogP contribution is 2.21. The maximum absolute atomic E-state index is 13.0. The summed E-state index contributed by atoms with van der Waals surface area (Å²) in [7, 11) is 1.86. The van der Waals surface area contributed by atoms with Gasteiger partial charge in [-0.15, -0.1) is 0 Å². The molecular formula is C18H20N6O. The van der Waals surface area contributed by atoms with Gasteiger partial charge in [-0.25, -0.2) is 14.5 Å². The van der Waals surface area contributed by atoms with Crippen molar-refractivity contribution in [3.63, 3.8) is 0 Å². The molecule has 0 N–H and O–H groups in total. The number of hydrogen-bond donors (Lipinski definition) is 0. The van der Waals surface area contributed by atoms with Gasteiger partial charge in [-0.3, -0.25) is 4.79 Å². The van der Waals surface area contributed by atoms with Crippen molar-refractivity contribution in [2.45, 2.75) is 18.9 Å². The number of hydrogen-bond acceptors (Lipinski definition) is 5. The van der Waals surface area contributed by atoms with Crippen LogP contribution in [-0.4, -0.2) is 56.6 Å². The summed E-state index contributed by atoms with van der Waals surface area (Å²) in [6.45, 7) is 1.75. The van der Waals surface area contributed by atoms with E-state index in [0.717, 1.165) is 31.7 Å². The van der Waals surface area contributed by atoms with E-state index in [2.05, 4.69) is 20.0 Å². The van der Waals surface area contributed by atoms with Crippen molar-refractivity contribution in [3.05, 3.63) is 54.6 Å². The average molecular weight is 336 g/mol. The second-order valence-electron chi connectivity index (χ2n) is 6.29. The van der Waals surface area contributed by atoms with Gasteiger partial charge in [0.05, 0.1) is 6.20 Å². The van der Waals surface area contributed by atoms with Gasteiger partial charge in [0.1, 0.15) is 11.4 Å². The Morgan fingerprint density at radius 3 is 2.96 bits per heavy atom. The van der Waals surface area contributed by atoms with Crippen LogP contribution >= 0.6 is 0 Å². The predicted molar refractivity (Wildman–Crippen MR) is 94.6 cm³/mol. The molecule has 128 valence electrons. The monoisotopic (exact) mass is 336 g/mol. The van der Waals surface area contributed by atoms with E-state index in [0.29, 0.717) is 11.2 Å². The summed E-state index contributed by atoms with van der Waals surface area (Å²) in [6.07, 6.45) is 8.89. The minimum atomic E-state index is -0.0402. The molecule has 3 aromatic rings. The van der Waals surface area contributed by atoms with Crippen molar-refractivity contribution in [2.75, 3.05) is 25.0 Å². The van der Waals surface area contributed by atoms with E-state index in [4.69, 9.17) is 0 Å². The molecule has 1 amide bonds. The third-order valence-corrected chi connectivity index (χ3v) is 4.75. The Balaban J connectivity index is 1.53. The SMILES string of the molecule is CN(C(=O)c1cnn2cccnc12)[C@@H]1CCCN(c2ccccn2)C1. The van der Waals surface area contributed by atoms with E-state index < -0.39 is 0 Å². The molecule has 0 unspecified atom stereocenters. The van der Waals surface area contributed by atoms with Crippen LogP contribution in [0.1, 0.15) is 23.2 Å². The normalized spacial score (nSPS) is 17.6. The number of carbonyl (C=O) groups excluding carboxylic acids is 1. The maximum Gasteiger partial charge on any atom is 0.259 e. The Morgan fingerprint density at radius 1 is 1.24 bits per heavy atom. The largest absolute Gasteiger partial charge is 0.355 e. The predicted octanol–water partition coefficient (Wildman–Crippen LogP) is 1.87. The highest BCUT2D eigenvalue weighted by atomic mass is 16.2. The van der Waals surface area contributed by atoms with Crippen LogP contribution in [0, 0.1) is 0 Å². The molecular weight excluding hydrogens is 316 g/mol. The first-order valence-electron chi connectivity index (χ1n) is 8.45. The van der Waals surface area contributed by atoms with Gasteiger partial charge in [-0.05, 0) is 31.0 Å². The molecule has 0 aromatic carbocycles. The lowest BCUT2D eigenvalue weighted by molar-refractivity contribution is 0.0719. The molecule has 1 aliphatic rings. The molecule has 1 saturated heterocycles. The topological polar surface area (TPSA) is 66.6 Å². The van der Waals surface area contributed by atoms with Crippen LogP contribution in [0.4, 0.5) is 5.82 Å². The van der Waals surface area contributed by atoms with Gasteiger partial charge in [-0.2, -0.15) is 5.10 Å². The third kappa shape index (κ3) is 2.93. The highest BCUT2D eigenvalue weighted by molar-refractivity contribution is 5.99. The Kier molecular flexibility index (Phi) is 4.05. The molecule has 1 aliphatic heterocycles. The van der Waals surface area contributed by atoms with E-state index >= 15 is 0 Å². The number of piperidine rings is 1. The summed E-state index contributed by atoms with van der Waals surface area (Å²) < 4.78 is 1.63. The molecule has 25 heavy (non-hydrogen) atoms. The zero-order valence-electron chi connectivity index (χ0n) is 14.1. The second kappa shape index (κ2) is 6.51. The summed E-state index contributed by atoms with van der Waals surface area (Å²) in [5.41, 5.74) is 1.13. The lowest BCUT2D eigenvalue weighted by Gasteiger charge is -2.38. The summed E-state index contributed by atoms with van der Waals surface area (Å²) in [6, 6.07) is 7.86. The van der Waals surface area contributed by atoms with Crippen LogP contribution < -0.4 is 4.90 Å². The molecule has 0 bridgehead atoms. The molecule has 7 heteroatoms. The van der Waals surface area contributed by atoms with Crippen molar-refractivity contribution in [3.8, 4) is 0 Å². The van der Waals surface area contributed by atoms with Crippen LogP contribution in [0.5, 0.6) is 0 Å². The van der Waals surface area contributed by atoms with Crippen LogP contribution in [0.25, 0.3) is 5.65 Å². The fourth-order valence-corrected chi connectivity index (χ4v) is 3.35. The zero-order chi connectivity index (χ0) is 17.2. The van der Waals surface area contributed by atoms with Crippen molar-refractivity contribution in [2.24, 2.45) is 0 Å². The number of pyridine rings is 1. The van der Waals surface area contributed by atoms with Crippen molar-refractivity contribution in [1.82, 2.24) is 24.5 Å². The lowest BCUT2D eigenvalue weighted by Crippen LogP contribution is -2.48. The van der Waals surface area contributed by atoms with Gasteiger partial charge in [0.15, 0.2) is 5.65 Å². The summed E-state index contributed by atoms with van der Waals surface area (Å²) >= 11 is 0. The Labute approximate surface area is 145 Å². The number of nitrogens with zero attached hydrogens (tertiary/aromatic N) is 6. The molecule has 1 fully saturated rings.